The van der Waals surface area contributed by atoms with E-state index in [0.717, 1.165) is 18.2 Å². The smallest absolute Gasteiger partial charge is 0.0109 e. The molecule has 0 atom stereocenters. The molecule has 19 heavy (non-hydrogen) atoms. The van der Waals surface area contributed by atoms with E-state index < -0.39 is 0 Å². The minimum absolute atomic E-state index is 0.489. The van der Waals surface area contributed by atoms with Crippen molar-refractivity contribution in [2.24, 2.45) is 11.3 Å². The summed E-state index contributed by atoms with van der Waals surface area (Å²) in [5, 5.41) is 0. The zero-order chi connectivity index (χ0) is 14.3. The second-order valence-corrected chi connectivity index (χ2v) is 7.47. The monoisotopic (exact) mass is 286 g/mol. The van der Waals surface area contributed by atoms with Crippen molar-refractivity contribution in [1.82, 2.24) is 9.80 Å². The molecule has 0 aromatic carbocycles. The zero-order valence-electron chi connectivity index (χ0n) is 13.5. The Morgan fingerprint density at radius 2 is 1.68 bits per heavy atom. The Kier molecular flexibility index (Phi) is 7.78. The molecule has 1 rings (SSSR count). The van der Waals surface area contributed by atoms with Crippen LogP contribution in [0.1, 0.15) is 46.0 Å². The van der Waals surface area contributed by atoms with Gasteiger partial charge in [0.15, 0.2) is 0 Å². The average molecular weight is 287 g/mol. The van der Waals surface area contributed by atoms with Crippen LogP contribution in [0.25, 0.3) is 0 Å². The summed E-state index contributed by atoms with van der Waals surface area (Å²) in [4.78, 5) is 4.98. The molecule has 1 aliphatic rings. The van der Waals surface area contributed by atoms with Crippen LogP contribution in [-0.4, -0.2) is 55.8 Å². The van der Waals surface area contributed by atoms with Crippen LogP contribution in [0.3, 0.4) is 0 Å². The molecular formula is C16H34N2S. The topological polar surface area (TPSA) is 6.48 Å². The van der Waals surface area contributed by atoms with Gasteiger partial charge in [-0.1, -0.05) is 33.1 Å². The third kappa shape index (κ3) is 6.50. The molecule has 0 unspecified atom stereocenters. The highest BCUT2D eigenvalue weighted by molar-refractivity contribution is 7.80. The van der Waals surface area contributed by atoms with E-state index >= 15 is 0 Å². The second-order valence-electron chi connectivity index (χ2n) is 7.15. The van der Waals surface area contributed by atoms with Gasteiger partial charge in [-0.3, -0.25) is 0 Å². The van der Waals surface area contributed by atoms with Gasteiger partial charge >= 0.3 is 0 Å². The van der Waals surface area contributed by atoms with Crippen LogP contribution in [-0.2, 0) is 0 Å². The van der Waals surface area contributed by atoms with E-state index in [-0.39, 0.29) is 0 Å². The fraction of sp³-hybridized carbons (Fsp3) is 1.00. The summed E-state index contributed by atoms with van der Waals surface area (Å²) in [6.07, 6.45) is 7.01. The highest BCUT2D eigenvalue weighted by Gasteiger charge is 2.32. The second kappa shape index (κ2) is 8.53. The van der Waals surface area contributed by atoms with Crippen LogP contribution in [0.15, 0.2) is 0 Å². The van der Waals surface area contributed by atoms with Gasteiger partial charge in [0.05, 0.1) is 0 Å². The van der Waals surface area contributed by atoms with Gasteiger partial charge in [-0.15, -0.1) is 0 Å². The summed E-state index contributed by atoms with van der Waals surface area (Å²) in [7, 11) is 4.34. The van der Waals surface area contributed by atoms with Crippen molar-refractivity contribution in [2.45, 2.75) is 46.0 Å². The predicted molar refractivity (Wildman–Crippen MR) is 89.2 cm³/mol. The highest BCUT2D eigenvalue weighted by Crippen LogP contribution is 2.38. The lowest BCUT2D eigenvalue weighted by molar-refractivity contribution is 0.110. The van der Waals surface area contributed by atoms with E-state index in [1.165, 1.54) is 51.7 Å². The van der Waals surface area contributed by atoms with Gasteiger partial charge in [-0.25, -0.2) is 0 Å². The lowest BCUT2D eigenvalue weighted by atomic mass is 9.75. The summed E-state index contributed by atoms with van der Waals surface area (Å²) in [5.41, 5.74) is 0.489. The maximum atomic E-state index is 4.69. The number of nitrogens with zero attached hydrogens (tertiary/aromatic N) is 2. The van der Waals surface area contributed by atoms with E-state index in [1.807, 2.05) is 0 Å². The maximum Gasteiger partial charge on any atom is 0.0109 e. The third-order valence-corrected chi connectivity index (χ3v) is 4.97. The summed E-state index contributed by atoms with van der Waals surface area (Å²) in [6, 6.07) is 0. The number of hydrogen-bond donors (Lipinski definition) is 1. The summed E-state index contributed by atoms with van der Waals surface area (Å²) in [6.45, 7) is 9.50. The van der Waals surface area contributed by atoms with Crippen molar-refractivity contribution >= 4 is 12.6 Å². The van der Waals surface area contributed by atoms with Crippen molar-refractivity contribution in [3.05, 3.63) is 0 Å². The zero-order valence-corrected chi connectivity index (χ0v) is 14.4. The fourth-order valence-corrected chi connectivity index (χ4v) is 3.65. The molecular weight excluding hydrogens is 252 g/mol. The molecule has 0 bridgehead atoms. The molecule has 0 heterocycles. The summed E-state index contributed by atoms with van der Waals surface area (Å²) in [5.74, 6) is 1.81. The van der Waals surface area contributed by atoms with Crippen LogP contribution >= 0.6 is 12.6 Å². The largest absolute Gasteiger partial charge is 0.308 e. The minimum atomic E-state index is 0.489. The van der Waals surface area contributed by atoms with Crippen molar-refractivity contribution in [1.29, 1.82) is 0 Å². The van der Waals surface area contributed by atoms with Crippen LogP contribution in [0.4, 0.5) is 0 Å². The van der Waals surface area contributed by atoms with E-state index in [0.29, 0.717) is 5.41 Å². The van der Waals surface area contributed by atoms with Crippen molar-refractivity contribution in [2.75, 3.05) is 46.0 Å². The highest BCUT2D eigenvalue weighted by atomic mass is 32.1. The molecule has 2 nitrogen and oxygen atoms in total. The molecule has 1 saturated carbocycles. The Bertz CT molecular complexity index is 235. The molecule has 0 spiro atoms. The lowest BCUT2D eigenvalue weighted by Crippen LogP contribution is -2.44. The van der Waals surface area contributed by atoms with E-state index in [1.54, 1.807) is 0 Å². The van der Waals surface area contributed by atoms with E-state index in [9.17, 15) is 0 Å². The summed E-state index contributed by atoms with van der Waals surface area (Å²) >= 11 is 4.69. The molecule has 0 radical (unpaired) electrons. The summed E-state index contributed by atoms with van der Waals surface area (Å²) < 4.78 is 0. The Morgan fingerprint density at radius 1 is 1.05 bits per heavy atom. The maximum absolute atomic E-state index is 4.69. The van der Waals surface area contributed by atoms with Crippen molar-refractivity contribution < 1.29 is 0 Å². The van der Waals surface area contributed by atoms with Gasteiger partial charge in [-0.05, 0) is 44.0 Å². The Balaban J connectivity index is 2.57. The molecule has 1 fully saturated rings. The SMILES string of the molecule is CC(C)CN(CCN(C)C)CC1(CS)CCCCC1. The number of thiol groups is 1. The van der Waals surface area contributed by atoms with Crippen LogP contribution in [0, 0.1) is 11.3 Å². The Morgan fingerprint density at radius 3 is 2.16 bits per heavy atom. The molecule has 0 aromatic rings. The van der Waals surface area contributed by atoms with Gasteiger partial charge < -0.3 is 9.80 Å². The minimum Gasteiger partial charge on any atom is -0.308 e. The number of hydrogen-bond acceptors (Lipinski definition) is 3. The standard InChI is InChI=1S/C16H34N2S/c1-15(2)12-18(11-10-17(3)4)13-16(14-19)8-6-5-7-9-16/h15,19H,5-14H2,1-4H3. The Labute approximate surface area is 126 Å². The lowest BCUT2D eigenvalue weighted by Gasteiger charge is -2.41. The molecule has 1 aliphatic carbocycles. The van der Waals surface area contributed by atoms with Gasteiger partial charge in [0.1, 0.15) is 0 Å². The first-order chi connectivity index (χ1) is 8.97. The molecule has 0 saturated heterocycles. The molecule has 0 N–H and O–H groups in total. The Hall–Kier alpha value is 0.270. The van der Waals surface area contributed by atoms with Gasteiger partial charge in [0.2, 0.25) is 0 Å². The predicted octanol–water partition coefficient (Wildman–Crippen LogP) is 3.39. The first-order valence-corrected chi connectivity index (χ1v) is 8.59. The van der Waals surface area contributed by atoms with Gasteiger partial charge in [0, 0.05) is 26.2 Å². The van der Waals surface area contributed by atoms with Crippen LogP contribution < -0.4 is 0 Å². The third-order valence-electron chi connectivity index (χ3n) is 4.30. The fourth-order valence-electron chi connectivity index (χ4n) is 3.24. The first-order valence-electron chi connectivity index (χ1n) is 7.95. The van der Waals surface area contributed by atoms with Gasteiger partial charge in [-0.2, -0.15) is 12.6 Å². The van der Waals surface area contributed by atoms with E-state index in [4.69, 9.17) is 0 Å². The number of likely N-dealkylation sites (N-methyl/N-ethyl adjacent to an activating group) is 1. The molecule has 114 valence electrons. The molecule has 3 heteroatoms. The first kappa shape index (κ1) is 17.3. The van der Waals surface area contributed by atoms with Gasteiger partial charge in [0.25, 0.3) is 0 Å². The van der Waals surface area contributed by atoms with Crippen LogP contribution in [0.2, 0.25) is 0 Å². The normalized spacial score (nSPS) is 19.6. The quantitative estimate of drug-likeness (QED) is 0.683. The van der Waals surface area contributed by atoms with Crippen molar-refractivity contribution in [3.63, 3.8) is 0 Å². The molecule has 0 aliphatic heterocycles. The molecule has 0 aromatic heterocycles. The van der Waals surface area contributed by atoms with E-state index in [2.05, 4.69) is 50.4 Å². The molecule has 0 amide bonds. The number of rotatable bonds is 8. The van der Waals surface area contributed by atoms with Crippen LogP contribution in [0.5, 0.6) is 0 Å². The van der Waals surface area contributed by atoms with Crippen molar-refractivity contribution in [3.8, 4) is 0 Å². The average Bonchev–Trinajstić information content (AvgIpc) is 2.36.